The van der Waals surface area contributed by atoms with Crippen molar-refractivity contribution in [2.45, 2.75) is 6.61 Å². The lowest BCUT2D eigenvalue weighted by molar-refractivity contribution is -0.127. The normalized spacial score (nSPS) is 14.3. The van der Waals surface area contributed by atoms with E-state index < -0.39 is 35.2 Å². The van der Waals surface area contributed by atoms with Gasteiger partial charge in [-0.25, -0.2) is 8.78 Å². The standard InChI is InChI=1S/C25H19F2N3O5S/c1-34-21-10-16(2-5-20(21)35-14-15-6-8-28-9-7-15)11-22-24(32)30(25(33)36-22)13-23(31)29-19-4-3-17(26)12-18(19)27/h2-12H,13-14H2,1H3,(H,29,31)/b22-11+. The van der Waals surface area contributed by atoms with Crippen LogP contribution in [0.5, 0.6) is 11.5 Å². The molecule has 0 spiro atoms. The highest BCUT2D eigenvalue weighted by Crippen LogP contribution is 2.34. The molecular weight excluding hydrogens is 492 g/mol. The lowest BCUT2D eigenvalue weighted by Gasteiger charge is -2.13. The fourth-order valence-corrected chi connectivity index (χ4v) is 4.08. The molecule has 0 unspecified atom stereocenters. The summed E-state index contributed by atoms with van der Waals surface area (Å²) < 4.78 is 38.0. The van der Waals surface area contributed by atoms with Gasteiger partial charge in [0.25, 0.3) is 11.1 Å². The van der Waals surface area contributed by atoms with Crippen molar-refractivity contribution in [2.24, 2.45) is 0 Å². The Balaban J connectivity index is 1.43. The van der Waals surface area contributed by atoms with Gasteiger partial charge in [-0.1, -0.05) is 6.07 Å². The van der Waals surface area contributed by atoms with Gasteiger partial charge < -0.3 is 14.8 Å². The third-order valence-corrected chi connectivity index (χ3v) is 5.92. The first kappa shape index (κ1) is 24.9. The second-order valence-electron chi connectivity index (χ2n) is 7.49. The molecule has 0 saturated carbocycles. The molecule has 2 heterocycles. The van der Waals surface area contributed by atoms with Crippen LogP contribution in [0, 0.1) is 11.6 Å². The van der Waals surface area contributed by atoms with Crippen LogP contribution in [-0.4, -0.2) is 40.6 Å². The average molecular weight is 512 g/mol. The van der Waals surface area contributed by atoms with Crippen molar-refractivity contribution in [3.8, 4) is 11.5 Å². The quantitative estimate of drug-likeness (QED) is 0.441. The van der Waals surface area contributed by atoms with Gasteiger partial charge >= 0.3 is 0 Å². The zero-order valence-corrected chi connectivity index (χ0v) is 19.7. The van der Waals surface area contributed by atoms with Crippen LogP contribution in [0.2, 0.25) is 0 Å². The van der Waals surface area contributed by atoms with Gasteiger partial charge in [0.2, 0.25) is 5.91 Å². The second-order valence-corrected chi connectivity index (χ2v) is 8.49. The smallest absolute Gasteiger partial charge is 0.294 e. The van der Waals surface area contributed by atoms with Crippen LogP contribution >= 0.6 is 11.8 Å². The number of pyridine rings is 1. The van der Waals surface area contributed by atoms with E-state index in [1.165, 1.54) is 13.2 Å². The summed E-state index contributed by atoms with van der Waals surface area (Å²) in [6.45, 7) is -0.315. The molecule has 0 atom stereocenters. The van der Waals surface area contributed by atoms with Crippen LogP contribution in [0.3, 0.4) is 0 Å². The number of hydrogen-bond donors (Lipinski definition) is 1. The number of carbonyl (C=O) groups excluding carboxylic acids is 3. The Morgan fingerprint density at radius 3 is 2.58 bits per heavy atom. The molecule has 0 bridgehead atoms. The number of ether oxygens (including phenoxy) is 2. The van der Waals surface area contributed by atoms with E-state index in [1.54, 1.807) is 30.6 Å². The van der Waals surface area contributed by atoms with Crippen molar-refractivity contribution in [1.82, 2.24) is 9.88 Å². The minimum atomic E-state index is -0.973. The van der Waals surface area contributed by atoms with Crippen LogP contribution in [-0.2, 0) is 16.2 Å². The molecule has 8 nitrogen and oxygen atoms in total. The van der Waals surface area contributed by atoms with Crippen LogP contribution < -0.4 is 14.8 Å². The molecule has 0 aliphatic carbocycles. The van der Waals surface area contributed by atoms with Gasteiger partial charge in [-0.2, -0.15) is 0 Å². The molecular formula is C25H19F2N3O5S. The van der Waals surface area contributed by atoms with Gasteiger partial charge in [0.05, 0.1) is 17.7 Å². The molecule has 1 aliphatic rings. The number of hydrogen-bond acceptors (Lipinski definition) is 7. The van der Waals surface area contributed by atoms with E-state index in [4.69, 9.17) is 9.47 Å². The van der Waals surface area contributed by atoms with E-state index in [9.17, 15) is 23.2 Å². The van der Waals surface area contributed by atoms with Crippen LogP contribution in [0.15, 0.2) is 65.8 Å². The molecule has 1 N–H and O–H groups in total. The number of thioether (sulfide) groups is 1. The molecule has 1 aromatic heterocycles. The van der Waals surface area contributed by atoms with Crippen molar-refractivity contribution in [1.29, 1.82) is 0 Å². The molecule has 1 fully saturated rings. The fourth-order valence-electron chi connectivity index (χ4n) is 3.25. The molecule has 2 aromatic carbocycles. The highest BCUT2D eigenvalue weighted by molar-refractivity contribution is 8.18. The number of halogens is 2. The lowest BCUT2D eigenvalue weighted by Crippen LogP contribution is -2.36. The maximum Gasteiger partial charge on any atom is 0.294 e. The number of aromatic nitrogens is 1. The topological polar surface area (TPSA) is 97.8 Å². The van der Waals surface area contributed by atoms with E-state index in [0.29, 0.717) is 41.5 Å². The summed E-state index contributed by atoms with van der Waals surface area (Å²) in [4.78, 5) is 42.2. The van der Waals surface area contributed by atoms with Gasteiger partial charge in [0.1, 0.15) is 24.8 Å². The van der Waals surface area contributed by atoms with E-state index in [0.717, 1.165) is 22.6 Å². The summed E-state index contributed by atoms with van der Waals surface area (Å²) in [6.07, 6.45) is 4.82. The van der Waals surface area contributed by atoms with Crippen LogP contribution in [0.25, 0.3) is 6.08 Å². The molecule has 184 valence electrons. The summed E-state index contributed by atoms with van der Waals surface area (Å²) in [5.74, 6) is -2.33. The molecule has 36 heavy (non-hydrogen) atoms. The average Bonchev–Trinajstić information content (AvgIpc) is 3.12. The third-order valence-electron chi connectivity index (χ3n) is 5.01. The minimum absolute atomic E-state index is 0.105. The lowest BCUT2D eigenvalue weighted by atomic mass is 10.2. The fraction of sp³-hybridized carbons (Fsp3) is 0.120. The monoisotopic (exact) mass is 511 g/mol. The zero-order chi connectivity index (χ0) is 25.7. The van der Waals surface area contributed by atoms with Gasteiger partial charge in [-0.3, -0.25) is 24.3 Å². The number of anilines is 1. The molecule has 0 radical (unpaired) electrons. The van der Waals surface area contributed by atoms with Crippen molar-refractivity contribution in [3.05, 3.63) is 88.6 Å². The molecule has 3 aromatic rings. The first-order valence-corrected chi connectivity index (χ1v) is 11.4. The molecule has 1 aliphatic heterocycles. The number of benzene rings is 2. The van der Waals surface area contributed by atoms with Crippen molar-refractivity contribution in [2.75, 3.05) is 19.0 Å². The Kier molecular flexibility index (Phi) is 7.59. The summed E-state index contributed by atoms with van der Waals surface area (Å²) in [5.41, 5.74) is 1.24. The first-order chi connectivity index (χ1) is 17.3. The largest absolute Gasteiger partial charge is 0.493 e. The van der Waals surface area contributed by atoms with Crippen molar-refractivity contribution in [3.63, 3.8) is 0 Å². The Labute approximate surface area is 208 Å². The number of nitrogens with zero attached hydrogens (tertiary/aromatic N) is 2. The summed E-state index contributed by atoms with van der Waals surface area (Å²) >= 11 is 0.672. The van der Waals surface area contributed by atoms with E-state index >= 15 is 0 Å². The third kappa shape index (κ3) is 5.87. The van der Waals surface area contributed by atoms with Gasteiger partial charge in [-0.15, -0.1) is 0 Å². The van der Waals surface area contributed by atoms with Crippen molar-refractivity contribution < 1.29 is 32.6 Å². The molecule has 11 heteroatoms. The molecule has 4 rings (SSSR count). The number of imide groups is 1. The van der Waals surface area contributed by atoms with E-state index in [1.807, 2.05) is 12.1 Å². The first-order valence-electron chi connectivity index (χ1n) is 10.5. The molecule has 1 saturated heterocycles. The SMILES string of the molecule is COc1cc(/C=C2/SC(=O)N(CC(=O)Nc3ccc(F)cc3F)C2=O)ccc1OCc1ccncc1. The maximum absolute atomic E-state index is 13.8. The van der Waals surface area contributed by atoms with Crippen LogP contribution in [0.1, 0.15) is 11.1 Å². The van der Waals surface area contributed by atoms with Crippen molar-refractivity contribution >= 4 is 40.6 Å². The highest BCUT2D eigenvalue weighted by Gasteiger charge is 2.36. The zero-order valence-electron chi connectivity index (χ0n) is 18.9. The highest BCUT2D eigenvalue weighted by atomic mass is 32.2. The van der Waals surface area contributed by atoms with E-state index in [-0.39, 0.29) is 10.6 Å². The summed E-state index contributed by atoms with van der Waals surface area (Å²) in [7, 11) is 1.48. The molecule has 3 amide bonds. The van der Waals surface area contributed by atoms with Crippen LogP contribution in [0.4, 0.5) is 19.3 Å². The number of nitrogens with one attached hydrogen (secondary N) is 1. The minimum Gasteiger partial charge on any atom is -0.493 e. The number of rotatable bonds is 8. The van der Waals surface area contributed by atoms with Gasteiger partial charge in [0, 0.05) is 18.5 Å². The van der Waals surface area contributed by atoms with Gasteiger partial charge in [0.15, 0.2) is 11.5 Å². The number of methoxy groups -OCH3 is 1. The maximum atomic E-state index is 13.8. The van der Waals surface area contributed by atoms with Gasteiger partial charge in [-0.05, 0) is 65.4 Å². The Bertz CT molecular complexity index is 1350. The Morgan fingerprint density at radius 1 is 1.08 bits per heavy atom. The predicted molar refractivity (Wildman–Crippen MR) is 129 cm³/mol. The summed E-state index contributed by atoms with van der Waals surface area (Å²) in [6, 6.07) is 11.3. The predicted octanol–water partition coefficient (Wildman–Crippen LogP) is 4.62. The number of carbonyl (C=O) groups is 3. The second kappa shape index (κ2) is 11.0. The Morgan fingerprint density at radius 2 is 1.86 bits per heavy atom. The number of amides is 3. The summed E-state index contributed by atoms with van der Waals surface area (Å²) in [5, 5.41) is 1.58. The Hall–Kier alpha value is -4.25. The van der Waals surface area contributed by atoms with E-state index in [2.05, 4.69) is 10.3 Å².